The molecule has 0 fully saturated rings. The van der Waals surface area contributed by atoms with Gasteiger partial charge in [-0.1, -0.05) is 72.8 Å². The molecule has 1 unspecified atom stereocenters. The van der Waals surface area contributed by atoms with Gasteiger partial charge in [-0.3, -0.25) is 9.59 Å². The highest BCUT2D eigenvalue weighted by atomic mass is 19.1. The molecule has 188 valence electrons. The van der Waals surface area contributed by atoms with Gasteiger partial charge in [0.25, 0.3) is 5.91 Å². The van der Waals surface area contributed by atoms with Crippen LogP contribution in [-0.2, 0) is 22.6 Å². The molecule has 1 atom stereocenters. The predicted molar refractivity (Wildman–Crippen MR) is 146 cm³/mol. The number of benzene rings is 4. The Balaban J connectivity index is 1.69. The molecular formula is C31H30FN3O2. The van der Waals surface area contributed by atoms with Gasteiger partial charge in [0.05, 0.1) is 6.42 Å². The number of rotatable bonds is 9. The minimum absolute atomic E-state index is 0.135. The first kappa shape index (κ1) is 25.6. The molecule has 4 aromatic rings. The Hall–Kier alpha value is -4.45. The molecule has 4 aromatic carbocycles. The van der Waals surface area contributed by atoms with Crippen LogP contribution in [0.25, 0.3) is 0 Å². The maximum Gasteiger partial charge on any atom is 0.251 e. The number of carbonyl (C=O) groups excluding carboxylic acids is 2. The van der Waals surface area contributed by atoms with E-state index in [9.17, 15) is 14.0 Å². The van der Waals surface area contributed by atoms with Crippen LogP contribution in [0.1, 0.15) is 22.7 Å². The van der Waals surface area contributed by atoms with Gasteiger partial charge in [-0.2, -0.15) is 0 Å². The summed E-state index contributed by atoms with van der Waals surface area (Å²) < 4.78 is 13.6. The number of nitrogens with one attached hydrogen (secondary N) is 1. The minimum atomic E-state index is -0.893. The molecule has 0 saturated carbocycles. The van der Waals surface area contributed by atoms with E-state index in [0.717, 1.165) is 16.8 Å². The first-order valence-electron chi connectivity index (χ1n) is 12.1. The molecule has 0 heterocycles. The summed E-state index contributed by atoms with van der Waals surface area (Å²) in [6, 6.07) is 31.3. The van der Waals surface area contributed by atoms with E-state index in [1.807, 2.05) is 104 Å². The fourth-order valence-corrected chi connectivity index (χ4v) is 4.14. The van der Waals surface area contributed by atoms with Gasteiger partial charge >= 0.3 is 0 Å². The van der Waals surface area contributed by atoms with Gasteiger partial charge in [-0.25, -0.2) is 4.39 Å². The zero-order chi connectivity index (χ0) is 26.2. The summed E-state index contributed by atoms with van der Waals surface area (Å²) in [4.78, 5) is 31.1. The summed E-state index contributed by atoms with van der Waals surface area (Å²) in [7, 11) is 3.90. The van der Waals surface area contributed by atoms with E-state index in [0.29, 0.717) is 11.3 Å². The molecule has 0 radical (unpaired) electrons. The molecule has 0 aliphatic heterocycles. The Morgan fingerprint density at radius 3 is 1.95 bits per heavy atom. The summed E-state index contributed by atoms with van der Waals surface area (Å²) >= 11 is 0. The smallest absolute Gasteiger partial charge is 0.251 e. The van der Waals surface area contributed by atoms with Crippen molar-refractivity contribution >= 4 is 23.2 Å². The summed E-state index contributed by atoms with van der Waals surface area (Å²) in [5.41, 5.74) is 3.91. The van der Waals surface area contributed by atoms with E-state index in [4.69, 9.17) is 0 Å². The van der Waals surface area contributed by atoms with Crippen molar-refractivity contribution in [3.63, 3.8) is 0 Å². The Kier molecular flexibility index (Phi) is 8.31. The van der Waals surface area contributed by atoms with Gasteiger partial charge in [0.2, 0.25) is 5.91 Å². The summed E-state index contributed by atoms with van der Waals surface area (Å²) in [5, 5.41) is 2.99. The molecule has 1 N–H and O–H groups in total. The van der Waals surface area contributed by atoms with Crippen LogP contribution in [0.2, 0.25) is 0 Å². The maximum atomic E-state index is 13.8. The molecule has 0 aromatic heterocycles. The zero-order valence-corrected chi connectivity index (χ0v) is 21.0. The Labute approximate surface area is 217 Å². The quantitative estimate of drug-likeness (QED) is 0.317. The lowest BCUT2D eigenvalue weighted by atomic mass is 10.0. The highest BCUT2D eigenvalue weighted by Gasteiger charge is 2.31. The van der Waals surface area contributed by atoms with E-state index >= 15 is 0 Å². The highest BCUT2D eigenvalue weighted by Crippen LogP contribution is 2.27. The van der Waals surface area contributed by atoms with Gasteiger partial charge < -0.3 is 15.1 Å². The summed E-state index contributed by atoms with van der Waals surface area (Å²) in [5.74, 6) is -0.890. The largest absolute Gasteiger partial charge is 0.378 e. The van der Waals surface area contributed by atoms with E-state index in [2.05, 4.69) is 5.32 Å². The Morgan fingerprint density at radius 1 is 0.757 bits per heavy atom. The van der Waals surface area contributed by atoms with Crippen molar-refractivity contribution in [1.82, 2.24) is 4.90 Å². The molecule has 4 rings (SSSR count). The molecule has 0 bridgehead atoms. The molecule has 0 spiro atoms. The maximum absolute atomic E-state index is 13.8. The van der Waals surface area contributed by atoms with Gasteiger partial charge in [-0.05, 0) is 53.1 Å². The number of hydrogen-bond donors (Lipinski definition) is 1. The van der Waals surface area contributed by atoms with Gasteiger partial charge in [0.1, 0.15) is 11.9 Å². The second-order valence-corrected chi connectivity index (χ2v) is 9.05. The molecule has 0 saturated heterocycles. The minimum Gasteiger partial charge on any atom is -0.378 e. The number of carbonyl (C=O) groups is 2. The average Bonchev–Trinajstić information content (AvgIpc) is 2.91. The topological polar surface area (TPSA) is 52.7 Å². The van der Waals surface area contributed by atoms with Crippen LogP contribution in [0.4, 0.5) is 15.8 Å². The zero-order valence-electron chi connectivity index (χ0n) is 21.0. The van der Waals surface area contributed by atoms with Crippen molar-refractivity contribution in [3.05, 3.63) is 132 Å². The average molecular weight is 496 g/mol. The third kappa shape index (κ3) is 6.82. The van der Waals surface area contributed by atoms with Crippen LogP contribution in [0.5, 0.6) is 0 Å². The van der Waals surface area contributed by atoms with E-state index in [1.54, 1.807) is 17.0 Å². The highest BCUT2D eigenvalue weighted by molar-refractivity contribution is 5.98. The van der Waals surface area contributed by atoms with E-state index in [-0.39, 0.29) is 30.6 Å². The van der Waals surface area contributed by atoms with Crippen molar-refractivity contribution in [1.29, 1.82) is 0 Å². The third-order valence-electron chi connectivity index (χ3n) is 6.11. The molecule has 0 aliphatic carbocycles. The normalized spacial score (nSPS) is 11.4. The fourth-order valence-electron chi connectivity index (χ4n) is 4.14. The first-order valence-corrected chi connectivity index (χ1v) is 12.1. The lowest BCUT2D eigenvalue weighted by Gasteiger charge is -2.32. The van der Waals surface area contributed by atoms with Crippen LogP contribution in [-0.4, -0.2) is 30.8 Å². The Morgan fingerprint density at radius 2 is 1.35 bits per heavy atom. The number of amides is 2. The van der Waals surface area contributed by atoms with Crippen molar-refractivity contribution in [2.45, 2.75) is 19.0 Å². The first-order chi connectivity index (χ1) is 17.9. The van der Waals surface area contributed by atoms with Gasteiger partial charge in [-0.15, -0.1) is 0 Å². The van der Waals surface area contributed by atoms with Crippen molar-refractivity contribution in [3.8, 4) is 0 Å². The second kappa shape index (κ2) is 12.0. The standard InChI is InChI=1S/C31H30FN3O2/c1-34(2)28-19-17-27(18-20-28)33-31(37)30(25-11-7-4-8-12-25)35(22-24-13-15-26(32)16-14-24)29(36)21-23-9-5-3-6-10-23/h3-20,30H,21-22H2,1-2H3,(H,33,37). The van der Waals surface area contributed by atoms with Crippen LogP contribution in [0.15, 0.2) is 109 Å². The molecule has 2 amide bonds. The number of nitrogens with zero attached hydrogens (tertiary/aromatic N) is 2. The number of halogens is 1. The predicted octanol–water partition coefficient (Wildman–Crippen LogP) is 5.84. The molecule has 37 heavy (non-hydrogen) atoms. The van der Waals surface area contributed by atoms with Crippen LogP contribution in [0.3, 0.4) is 0 Å². The van der Waals surface area contributed by atoms with Gasteiger partial charge in [0.15, 0.2) is 0 Å². The van der Waals surface area contributed by atoms with Crippen molar-refractivity contribution < 1.29 is 14.0 Å². The number of anilines is 2. The molecular weight excluding hydrogens is 465 g/mol. The Bertz CT molecular complexity index is 1310. The monoisotopic (exact) mass is 495 g/mol. The van der Waals surface area contributed by atoms with Crippen molar-refractivity contribution in [2.24, 2.45) is 0 Å². The molecule has 6 heteroatoms. The van der Waals surface area contributed by atoms with Crippen LogP contribution < -0.4 is 10.2 Å². The fraction of sp³-hybridized carbons (Fsp3) is 0.161. The van der Waals surface area contributed by atoms with Crippen molar-refractivity contribution in [2.75, 3.05) is 24.3 Å². The molecule has 5 nitrogen and oxygen atoms in total. The molecule has 0 aliphatic rings. The van der Waals surface area contributed by atoms with E-state index < -0.39 is 6.04 Å². The lowest BCUT2D eigenvalue weighted by Crippen LogP contribution is -2.41. The van der Waals surface area contributed by atoms with Crippen LogP contribution >= 0.6 is 0 Å². The van der Waals surface area contributed by atoms with Crippen LogP contribution in [0, 0.1) is 5.82 Å². The lowest BCUT2D eigenvalue weighted by molar-refractivity contribution is -0.139. The summed E-state index contributed by atoms with van der Waals surface area (Å²) in [6.07, 6.45) is 0.135. The summed E-state index contributed by atoms with van der Waals surface area (Å²) in [6.45, 7) is 0.151. The van der Waals surface area contributed by atoms with E-state index in [1.165, 1.54) is 12.1 Å². The number of hydrogen-bond acceptors (Lipinski definition) is 3. The SMILES string of the molecule is CN(C)c1ccc(NC(=O)C(c2ccccc2)N(Cc2ccc(F)cc2)C(=O)Cc2ccccc2)cc1. The second-order valence-electron chi connectivity index (χ2n) is 9.05. The van der Waals surface area contributed by atoms with Gasteiger partial charge in [0, 0.05) is 32.0 Å². The third-order valence-corrected chi connectivity index (χ3v) is 6.11.